The van der Waals surface area contributed by atoms with E-state index >= 15 is 0 Å². The zero-order valence-electron chi connectivity index (χ0n) is 13.7. The van der Waals surface area contributed by atoms with Gasteiger partial charge in [0.25, 0.3) is 0 Å². The first-order valence-electron chi connectivity index (χ1n) is 7.23. The number of methoxy groups -OCH3 is 1. The Labute approximate surface area is 136 Å². The van der Waals surface area contributed by atoms with Crippen LogP contribution in [0.4, 0.5) is 11.4 Å². The first-order chi connectivity index (χ1) is 10.5. The van der Waals surface area contributed by atoms with E-state index in [9.17, 15) is 0 Å². The van der Waals surface area contributed by atoms with Crippen LogP contribution in [0, 0.1) is 20.8 Å². The van der Waals surface area contributed by atoms with E-state index in [0.717, 1.165) is 40.6 Å². The van der Waals surface area contributed by atoms with Crippen molar-refractivity contribution in [3.05, 3.63) is 35.2 Å². The fourth-order valence-electron chi connectivity index (χ4n) is 2.37. The molecule has 0 radical (unpaired) electrons. The fourth-order valence-corrected chi connectivity index (χ4v) is 2.58. The number of rotatable bonds is 4. The quantitative estimate of drug-likeness (QED) is 0.843. The van der Waals surface area contributed by atoms with E-state index in [0.29, 0.717) is 5.11 Å². The van der Waals surface area contributed by atoms with Gasteiger partial charge in [-0.2, -0.15) is 5.10 Å². The highest BCUT2D eigenvalue weighted by molar-refractivity contribution is 7.80. The van der Waals surface area contributed by atoms with Crippen molar-refractivity contribution in [1.29, 1.82) is 0 Å². The van der Waals surface area contributed by atoms with Gasteiger partial charge in [-0.3, -0.25) is 4.68 Å². The first kappa shape index (κ1) is 16.3. The monoisotopic (exact) mass is 318 g/mol. The van der Waals surface area contributed by atoms with Crippen LogP contribution < -0.4 is 15.4 Å². The normalized spacial score (nSPS) is 10.4. The third kappa shape index (κ3) is 3.39. The van der Waals surface area contributed by atoms with Crippen molar-refractivity contribution in [2.75, 3.05) is 17.7 Å². The highest BCUT2D eigenvalue weighted by Crippen LogP contribution is 2.26. The number of benzene rings is 1. The molecule has 0 saturated heterocycles. The van der Waals surface area contributed by atoms with Crippen LogP contribution in [0.15, 0.2) is 18.2 Å². The molecule has 0 saturated carbocycles. The largest absolute Gasteiger partial charge is 0.495 e. The molecule has 0 aliphatic heterocycles. The third-order valence-electron chi connectivity index (χ3n) is 3.52. The van der Waals surface area contributed by atoms with Crippen LogP contribution in [-0.4, -0.2) is 22.0 Å². The van der Waals surface area contributed by atoms with Gasteiger partial charge < -0.3 is 15.4 Å². The summed E-state index contributed by atoms with van der Waals surface area (Å²) in [5.74, 6) is 0.757. The van der Waals surface area contributed by atoms with Gasteiger partial charge in [0.15, 0.2) is 5.11 Å². The maximum atomic E-state index is 5.42. The average Bonchev–Trinajstić information content (AvgIpc) is 2.75. The van der Waals surface area contributed by atoms with Crippen LogP contribution >= 0.6 is 12.2 Å². The Morgan fingerprint density at radius 3 is 2.59 bits per heavy atom. The van der Waals surface area contributed by atoms with Gasteiger partial charge in [-0.05, 0) is 57.6 Å². The van der Waals surface area contributed by atoms with E-state index in [2.05, 4.69) is 22.7 Å². The zero-order valence-corrected chi connectivity index (χ0v) is 14.5. The van der Waals surface area contributed by atoms with Crippen LogP contribution in [-0.2, 0) is 6.54 Å². The summed E-state index contributed by atoms with van der Waals surface area (Å²) >= 11 is 5.42. The summed E-state index contributed by atoms with van der Waals surface area (Å²) < 4.78 is 7.31. The van der Waals surface area contributed by atoms with Gasteiger partial charge in [-0.15, -0.1) is 0 Å². The summed E-state index contributed by atoms with van der Waals surface area (Å²) in [5.41, 5.74) is 4.93. The molecule has 0 aliphatic rings. The summed E-state index contributed by atoms with van der Waals surface area (Å²) in [4.78, 5) is 0. The second-order valence-electron chi connectivity index (χ2n) is 5.14. The number of nitrogens with one attached hydrogen (secondary N) is 2. The summed E-state index contributed by atoms with van der Waals surface area (Å²) in [6.07, 6.45) is 0. The lowest BCUT2D eigenvalue weighted by atomic mass is 10.2. The van der Waals surface area contributed by atoms with Gasteiger partial charge >= 0.3 is 0 Å². The maximum Gasteiger partial charge on any atom is 0.175 e. The molecule has 0 fully saturated rings. The van der Waals surface area contributed by atoms with E-state index in [4.69, 9.17) is 17.0 Å². The highest BCUT2D eigenvalue weighted by atomic mass is 32.1. The number of hydrogen-bond acceptors (Lipinski definition) is 3. The van der Waals surface area contributed by atoms with Gasteiger partial charge in [-0.1, -0.05) is 6.07 Å². The predicted octanol–water partition coefficient (Wildman–Crippen LogP) is 3.65. The Balaban J connectivity index is 2.17. The van der Waals surface area contributed by atoms with Gasteiger partial charge in [0, 0.05) is 6.54 Å². The molecule has 0 aliphatic carbocycles. The van der Waals surface area contributed by atoms with Gasteiger partial charge in [-0.25, -0.2) is 0 Å². The molecule has 118 valence electrons. The molecule has 1 aromatic heterocycles. The summed E-state index contributed by atoms with van der Waals surface area (Å²) in [5, 5.41) is 11.4. The molecular weight excluding hydrogens is 296 g/mol. The number of anilines is 2. The molecule has 0 bridgehead atoms. The number of hydrogen-bond donors (Lipinski definition) is 2. The highest BCUT2D eigenvalue weighted by Gasteiger charge is 2.12. The third-order valence-corrected chi connectivity index (χ3v) is 3.73. The van der Waals surface area contributed by atoms with Crippen LogP contribution in [0.25, 0.3) is 0 Å². The molecule has 0 amide bonds. The summed E-state index contributed by atoms with van der Waals surface area (Å²) in [6, 6.07) is 5.92. The number of thiocarbonyl (C=S) groups is 1. The Kier molecular flexibility index (Phi) is 5.03. The van der Waals surface area contributed by atoms with E-state index in [1.807, 2.05) is 43.7 Å². The van der Waals surface area contributed by atoms with Crippen molar-refractivity contribution in [2.45, 2.75) is 34.2 Å². The van der Waals surface area contributed by atoms with Crippen LogP contribution in [0.5, 0.6) is 5.75 Å². The standard InChI is InChI=1S/C16H22N4OS/c1-6-20-12(4)15(11(3)19-20)18-16(22)17-13-9-10(2)7-8-14(13)21-5/h7-9H,6H2,1-5H3,(H2,17,18,22). The number of ether oxygens (including phenoxy) is 1. The molecule has 2 N–H and O–H groups in total. The molecule has 1 heterocycles. The Bertz CT molecular complexity index is 694. The predicted molar refractivity (Wildman–Crippen MR) is 94.9 cm³/mol. The molecule has 5 nitrogen and oxygen atoms in total. The lowest BCUT2D eigenvalue weighted by Crippen LogP contribution is -2.20. The van der Waals surface area contributed by atoms with E-state index in [1.165, 1.54) is 0 Å². The number of aryl methyl sites for hydroxylation is 3. The lowest BCUT2D eigenvalue weighted by Gasteiger charge is -2.14. The minimum Gasteiger partial charge on any atom is -0.495 e. The van der Waals surface area contributed by atoms with Crippen molar-refractivity contribution in [3.63, 3.8) is 0 Å². The summed E-state index contributed by atoms with van der Waals surface area (Å²) in [6.45, 7) is 8.93. The van der Waals surface area contributed by atoms with Gasteiger partial charge in [0.1, 0.15) is 5.75 Å². The molecule has 2 rings (SSSR count). The van der Waals surface area contributed by atoms with Crippen molar-refractivity contribution >= 4 is 28.7 Å². The average molecular weight is 318 g/mol. The smallest absolute Gasteiger partial charge is 0.175 e. The second-order valence-corrected chi connectivity index (χ2v) is 5.55. The van der Waals surface area contributed by atoms with Crippen molar-refractivity contribution in [1.82, 2.24) is 9.78 Å². The van der Waals surface area contributed by atoms with Crippen LogP contribution in [0.1, 0.15) is 23.9 Å². The first-order valence-corrected chi connectivity index (χ1v) is 7.63. The van der Waals surface area contributed by atoms with E-state index < -0.39 is 0 Å². The van der Waals surface area contributed by atoms with Crippen LogP contribution in [0.2, 0.25) is 0 Å². The molecule has 2 aromatic rings. The summed E-state index contributed by atoms with van der Waals surface area (Å²) in [7, 11) is 1.64. The fraction of sp³-hybridized carbons (Fsp3) is 0.375. The Morgan fingerprint density at radius 2 is 2.00 bits per heavy atom. The Morgan fingerprint density at radius 1 is 1.27 bits per heavy atom. The zero-order chi connectivity index (χ0) is 16.3. The topological polar surface area (TPSA) is 51.1 Å². The number of aromatic nitrogens is 2. The minimum absolute atomic E-state index is 0.519. The second kappa shape index (κ2) is 6.79. The van der Waals surface area contributed by atoms with Crippen molar-refractivity contribution in [3.8, 4) is 5.75 Å². The van der Waals surface area contributed by atoms with E-state index in [1.54, 1.807) is 7.11 Å². The molecular formula is C16H22N4OS. The lowest BCUT2D eigenvalue weighted by molar-refractivity contribution is 0.417. The van der Waals surface area contributed by atoms with Crippen molar-refractivity contribution < 1.29 is 4.74 Å². The van der Waals surface area contributed by atoms with Crippen LogP contribution in [0.3, 0.4) is 0 Å². The Hall–Kier alpha value is -2.08. The maximum absolute atomic E-state index is 5.42. The molecule has 0 unspecified atom stereocenters. The SMILES string of the molecule is CCn1nc(C)c(NC(=S)Nc2cc(C)ccc2OC)c1C. The van der Waals surface area contributed by atoms with Gasteiger partial charge in [0.2, 0.25) is 0 Å². The van der Waals surface area contributed by atoms with E-state index in [-0.39, 0.29) is 0 Å². The molecule has 22 heavy (non-hydrogen) atoms. The van der Waals surface area contributed by atoms with Gasteiger partial charge in [0.05, 0.1) is 29.9 Å². The minimum atomic E-state index is 0.519. The molecule has 1 aromatic carbocycles. The molecule has 6 heteroatoms. The molecule has 0 spiro atoms. The number of nitrogens with zero attached hydrogens (tertiary/aromatic N) is 2. The molecule has 0 atom stereocenters. The van der Waals surface area contributed by atoms with Crippen molar-refractivity contribution in [2.24, 2.45) is 0 Å².